The maximum atomic E-state index is 13.7. The molecule has 3 aromatic carbocycles. The molecule has 1 fully saturated rings. The molecule has 3 aromatic rings. The fraction of sp³-hybridized carbons (Fsp3) is 0.345. The van der Waals surface area contributed by atoms with Crippen molar-refractivity contribution in [3.63, 3.8) is 0 Å². The van der Waals surface area contributed by atoms with Crippen LogP contribution in [0.2, 0.25) is 0 Å². The lowest BCUT2D eigenvalue weighted by atomic mass is 10.2. The van der Waals surface area contributed by atoms with Gasteiger partial charge in [0.2, 0.25) is 20.0 Å². The number of carbonyl (C=O) groups is 1. The van der Waals surface area contributed by atoms with Gasteiger partial charge in [-0.3, -0.25) is 0 Å². The molecule has 9 nitrogen and oxygen atoms in total. The minimum absolute atomic E-state index is 0.0306. The van der Waals surface area contributed by atoms with Crippen LogP contribution in [0.25, 0.3) is 0 Å². The van der Waals surface area contributed by atoms with Crippen molar-refractivity contribution >= 4 is 26.1 Å². The minimum Gasteiger partial charge on any atom is -0.448 e. The fourth-order valence-corrected chi connectivity index (χ4v) is 7.38. The van der Waals surface area contributed by atoms with Gasteiger partial charge in [0.15, 0.2) is 0 Å². The average molecular weight is 586 g/mol. The van der Waals surface area contributed by atoms with Crippen molar-refractivity contribution in [2.45, 2.75) is 36.6 Å². The van der Waals surface area contributed by atoms with Crippen LogP contribution in [0.3, 0.4) is 0 Å². The Morgan fingerprint density at radius 2 is 1.15 bits per heavy atom. The normalized spacial score (nSPS) is 17.1. The molecule has 0 spiro atoms. The molecule has 214 valence electrons. The topological polar surface area (TPSA) is 104 Å². The lowest BCUT2D eigenvalue weighted by Crippen LogP contribution is -2.44. The number of hydrogen-bond donors (Lipinski definition) is 0. The summed E-state index contributed by atoms with van der Waals surface area (Å²) in [6.45, 7) is 4.11. The van der Waals surface area contributed by atoms with Crippen LogP contribution in [-0.4, -0.2) is 75.8 Å². The number of cyclic esters (lactones) is 1. The molecule has 0 unspecified atom stereocenters. The Balaban J connectivity index is 1.63. The molecule has 1 aliphatic rings. The zero-order valence-electron chi connectivity index (χ0n) is 22.8. The van der Waals surface area contributed by atoms with E-state index in [1.807, 2.05) is 44.2 Å². The van der Waals surface area contributed by atoms with E-state index in [1.165, 1.54) is 13.5 Å². The van der Waals surface area contributed by atoms with Crippen molar-refractivity contribution in [1.82, 2.24) is 13.5 Å². The molecule has 0 bridgehead atoms. The number of ether oxygens (including phenoxy) is 1. The summed E-state index contributed by atoms with van der Waals surface area (Å²) in [5.74, 6) is 0. The van der Waals surface area contributed by atoms with E-state index >= 15 is 0 Å². The Kier molecular flexibility index (Phi) is 9.62. The molecule has 1 heterocycles. The summed E-state index contributed by atoms with van der Waals surface area (Å²) in [6, 6.07) is 22.5. The summed E-state index contributed by atoms with van der Waals surface area (Å²) in [5, 5.41) is 0. The molecule has 1 amide bonds. The molecular weight excluding hydrogens is 550 g/mol. The smallest absolute Gasteiger partial charge is 0.410 e. The highest BCUT2D eigenvalue weighted by Crippen LogP contribution is 2.20. The van der Waals surface area contributed by atoms with Gasteiger partial charge >= 0.3 is 6.09 Å². The SMILES string of the molecule is Cc1ccc(S(=O)(=O)N2CCCN(S(=O)(=O)c3ccc(C)cc3)CCN(Cc3ccccc3)C(=O)OCC2)cc1. The zero-order chi connectivity index (χ0) is 28.8. The standard InChI is InChI=1S/C29H35N3O6S2/c1-24-9-13-27(14-10-24)39(34,35)31-17-6-18-32(40(36,37)28-15-11-25(2)12-16-28)21-22-38-29(33)30(19-20-31)23-26-7-4-3-5-8-26/h3-5,7-16H,6,17-23H2,1-2H3. The maximum absolute atomic E-state index is 13.7. The van der Waals surface area contributed by atoms with Gasteiger partial charge in [0.1, 0.15) is 6.61 Å². The van der Waals surface area contributed by atoms with Gasteiger partial charge in [0.05, 0.1) is 9.79 Å². The highest BCUT2D eigenvalue weighted by atomic mass is 32.2. The van der Waals surface area contributed by atoms with Gasteiger partial charge < -0.3 is 9.64 Å². The lowest BCUT2D eigenvalue weighted by molar-refractivity contribution is 0.0916. The molecule has 1 aliphatic heterocycles. The Morgan fingerprint density at radius 1 is 0.650 bits per heavy atom. The van der Waals surface area contributed by atoms with Crippen LogP contribution >= 0.6 is 0 Å². The van der Waals surface area contributed by atoms with E-state index in [9.17, 15) is 21.6 Å². The highest BCUT2D eigenvalue weighted by molar-refractivity contribution is 7.89. The maximum Gasteiger partial charge on any atom is 0.410 e. The monoisotopic (exact) mass is 585 g/mol. The van der Waals surface area contributed by atoms with Crippen molar-refractivity contribution in [2.24, 2.45) is 0 Å². The van der Waals surface area contributed by atoms with E-state index in [0.717, 1.165) is 16.7 Å². The predicted octanol–water partition coefficient (Wildman–Crippen LogP) is 4.03. The molecule has 40 heavy (non-hydrogen) atoms. The van der Waals surface area contributed by atoms with Crippen LogP contribution in [0.15, 0.2) is 88.7 Å². The molecule has 0 saturated carbocycles. The number of rotatable bonds is 6. The summed E-state index contributed by atoms with van der Waals surface area (Å²) < 4.78 is 62.3. The number of nitrogens with zero attached hydrogens (tertiary/aromatic N) is 3. The third-order valence-electron chi connectivity index (χ3n) is 6.79. The number of amides is 1. The Morgan fingerprint density at radius 3 is 1.68 bits per heavy atom. The van der Waals surface area contributed by atoms with Crippen LogP contribution in [0.4, 0.5) is 4.79 Å². The molecular formula is C29H35N3O6S2. The van der Waals surface area contributed by atoms with Crippen molar-refractivity contribution < 1.29 is 26.4 Å². The zero-order valence-corrected chi connectivity index (χ0v) is 24.4. The van der Waals surface area contributed by atoms with E-state index in [4.69, 9.17) is 4.74 Å². The predicted molar refractivity (Wildman–Crippen MR) is 153 cm³/mol. The molecule has 0 atom stereocenters. The quantitative estimate of drug-likeness (QED) is 0.433. The van der Waals surface area contributed by atoms with Crippen molar-refractivity contribution in [1.29, 1.82) is 0 Å². The molecule has 0 aliphatic carbocycles. The molecule has 11 heteroatoms. The first-order valence-corrected chi connectivity index (χ1v) is 16.0. The largest absolute Gasteiger partial charge is 0.448 e. The molecule has 4 rings (SSSR count). The second-order valence-corrected chi connectivity index (χ2v) is 13.7. The molecule has 0 aromatic heterocycles. The first-order chi connectivity index (χ1) is 19.1. The van der Waals surface area contributed by atoms with Gasteiger partial charge in [-0.25, -0.2) is 21.6 Å². The van der Waals surface area contributed by atoms with Gasteiger partial charge in [0.25, 0.3) is 0 Å². The second-order valence-electron chi connectivity index (χ2n) is 9.81. The Labute approximate surface area is 237 Å². The van der Waals surface area contributed by atoms with Crippen molar-refractivity contribution in [3.05, 3.63) is 95.6 Å². The second kappa shape index (κ2) is 12.9. The summed E-state index contributed by atoms with van der Waals surface area (Å²) in [7, 11) is -7.80. The number of carbonyl (C=O) groups excluding carboxylic acids is 1. The van der Waals surface area contributed by atoms with Gasteiger partial charge in [0, 0.05) is 39.3 Å². The van der Waals surface area contributed by atoms with Gasteiger partial charge in [-0.05, 0) is 50.1 Å². The van der Waals surface area contributed by atoms with E-state index < -0.39 is 26.1 Å². The summed E-state index contributed by atoms with van der Waals surface area (Å²) in [5.41, 5.74) is 2.72. The summed E-state index contributed by atoms with van der Waals surface area (Å²) >= 11 is 0. The molecule has 1 saturated heterocycles. The number of aryl methyl sites for hydroxylation is 2. The van der Waals surface area contributed by atoms with Gasteiger partial charge in [-0.2, -0.15) is 8.61 Å². The lowest BCUT2D eigenvalue weighted by Gasteiger charge is -2.30. The first kappa shape index (κ1) is 29.7. The Hall–Kier alpha value is -3.25. The molecule has 0 radical (unpaired) electrons. The van der Waals surface area contributed by atoms with E-state index in [2.05, 4.69) is 0 Å². The minimum atomic E-state index is -3.90. The third kappa shape index (κ3) is 7.28. The number of benzene rings is 3. The van der Waals surface area contributed by atoms with Crippen LogP contribution < -0.4 is 0 Å². The number of sulfonamides is 2. The van der Waals surface area contributed by atoms with Crippen LogP contribution in [-0.2, 0) is 31.3 Å². The summed E-state index contributed by atoms with van der Waals surface area (Å²) in [6.07, 6.45) is -0.368. The first-order valence-electron chi connectivity index (χ1n) is 13.2. The molecule has 0 N–H and O–H groups in total. The van der Waals surface area contributed by atoms with Crippen LogP contribution in [0.5, 0.6) is 0 Å². The van der Waals surface area contributed by atoms with Crippen LogP contribution in [0.1, 0.15) is 23.1 Å². The Bertz CT molecular complexity index is 1490. The van der Waals surface area contributed by atoms with Crippen LogP contribution in [0, 0.1) is 13.8 Å². The van der Waals surface area contributed by atoms with E-state index in [-0.39, 0.29) is 62.1 Å². The van der Waals surface area contributed by atoms with Crippen molar-refractivity contribution in [2.75, 3.05) is 39.3 Å². The van der Waals surface area contributed by atoms with Gasteiger partial charge in [-0.1, -0.05) is 65.7 Å². The highest BCUT2D eigenvalue weighted by Gasteiger charge is 2.29. The fourth-order valence-electron chi connectivity index (χ4n) is 4.44. The summed E-state index contributed by atoms with van der Waals surface area (Å²) in [4.78, 5) is 14.9. The number of hydrogen-bond acceptors (Lipinski definition) is 6. The van der Waals surface area contributed by atoms with Crippen molar-refractivity contribution in [3.8, 4) is 0 Å². The van der Waals surface area contributed by atoms with E-state index in [0.29, 0.717) is 0 Å². The third-order valence-corrected chi connectivity index (χ3v) is 10.6. The van der Waals surface area contributed by atoms with Gasteiger partial charge in [-0.15, -0.1) is 0 Å². The van der Waals surface area contributed by atoms with E-state index in [1.54, 1.807) is 48.5 Å². The average Bonchev–Trinajstić information content (AvgIpc) is 2.93.